The molecule has 0 unspecified atom stereocenters. The normalized spacial score (nSPS) is 11.2. The average molecular weight is 364 g/mol. The molecule has 110 valence electrons. The molecular weight excluding hydrogens is 353 g/mol. The van der Waals surface area contributed by atoms with Crippen molar-refractivity contribution in [1.29, 1.82) is 0 Å². The van der Waals surface area contributed by atoms with Crippen LogP contribution in [-0.2, 0) is 10.0 Å². The Morgan fingerprint density at radius 2 is 2.05 bits per heavy atom. The van der Waals surface area contributed by atoms with Gasteiger partial charge in [0.15, 0.2) is 0 Å². The maximum atomic E-state index is 11.9. The number of thiophene rings is 1. The van der Waals surface area contributed by atoms with Crippen molar-refractivity contribution in [3.05, 3.63) is 66.9 Å². The van der Waals surface area contributed by atoms with Crippen LogP contribution in [0.4, 0.5) is 0 Å². The van der Waals surface area contributed by atoms with E-state index in [4.69, 9.17) is 11.6 Å². The third kappa shape index (κ3) is 5.53. The van der Waals surface area contributed by atoms with Crippen LogP contribution >= 0.6 is 22.9 Å². The fourth-order valence-electron chi connectivity index (χ4n) is 1.60. The van der Waals surface area contributed by atoms with Crippen molar-refractivity contribution in [2.45, 2.75) is 6.92 Å². The molecule has 0 aliphatic carbocycles. The molecule has 0 spiro atoms. The first-order valence-electron chi connectivity index (χ1n) is 5.87. The van der Waals surface area contributed by atoms with Gasteiger partial charge in [0.2, 0.25) is 0 Å². The SMILES string of the molecule is Cc1cc(Cl)ccc1C(=O)[N-]S(=O)(=O)/C=C/c1cccs1.[Na+]. The fourth-order valence-corrected chi connectivity index (χ4v) is 3.24. The minimum Gasteiger partial charge on any atom is -0.538 e. The van der Waals surface area contributed by atoms with Gasteiger partial charge >= 0.3 is 29.6 Å². The molecule has 2 aromatic rings. The van der Waals surface area contributed by atoms with E-state index in [1.54, 1.807) is 25.1 Å². The summed E-state index contributed by atoms with van der Waals surface area (Å²) in [5, 5.41) is 3.22. The Morgan fingerprint density at radius 3 is 2.64 bits per heavy atom. The number of hydrogen-bond donors (Lipinski definition) is 0. The van der Waals surface area contributed by atoms with Crippen molar-refractivity contribution in [2.75, 3.05) is 0 Å². The van der Waals surface area contributed by atoms with Crippen LogP contribution in [0, 0.1) is 6.92 Å². The quantitative estimate of drug-likeness (QED) is 0.767. The monoisotopic (exact) mass is 363 g/mol. The molecule has 0 radical (unpaired) electrons. The van der Waals surface area contributed by atoms with Crippen molar-refractivity contribution in [3.8, 4) is 0 Å². The van der Waals surface area contributed by atoms with Gasteiger partial charge in [0.25, 0.3) is 0 Å². The molecule has 1 amide bonds. The van der Waals surface area contributed by atoms with E-state index in [-0.39, 0.29) is 35.1 Å². The number of aryl methyl sites for hydroxylation is 1. The van der Waals surface area contributed by atoms with Crippen molar-refractivity contribution < 1.29 is 42.8 Å². The molecule has 0 atom stereocenters. The third-order valence-electron chi connectivity index (χ3n) is 2.58. The second-order valence-corrected chi connectivity index (χ2v) is 7.09. The van der Waals surface area contributed by atoms with Crippen LogP contribution in [0.5, 0.6) is 0 Å². The topological polar surface area (TPSA) is 65.3 Å². The Hall–Kier alpha value is -0.630. The number of nitrogens with zero attached hydrogens (tertiary/aromatic N) is 1. The Balaban J connectivity index is 0.00000242. The van der Waals surface area contributed by atoms with Crippen LogP contribution in [0.15, 0.2) is 41.1 Å². The minimum atomic E-state index is -3.96. The largest absolute Gasteiger partial charge is 1.00 e. The Morgan fingerprint density at radius 1 is 1.32 bits per heavy atom. The first-order chi connectivity index (χ1) is 9.87. The van der Waals surface area contributed by atoms with E-state index >= 15 is 0 Å². The van der Waals surface area contributed by atoms with Crippen LogP contribution in [0.25, 0.3) is 10.8 Å². The molecule has 0 aliphatic heterocycles. The van der Waals surface area contributed by atoms with Gasteiger partial charge in [-0.3, -0.25) is 0 Å². The number of halogens is 1. The maximum Gasteiger partial charge on any atom is 1.00 e. The van der Waals surface area contributed by atoms with E-state index in [9.17, 15) is 13.2 Å². The van der Waals surface area contributed by atoms with Gasteiger partial charge in [-0.05, 0) is 42.1 Å². The van der Waals surface area contributed by atoms with Gasteiger partial charge in [0.05, 0.1) is 5.91 Å². The predicted octanol–water partition coefficient (Wildman–Crippen LogP) is 1.23. The summed E-state index contributed by atoms with van der Waals surface area (Å²) in [6, 6.07) is 8.13. The van der Waals surface area contributed by atoms with E-state index in [1.165, 1.54) is 29.5 Å². The molecule has 0 saturated carbocycles. The van der Waals surface area contributed by atoms with Crippen LogP contribution < -0.4 is 29.6 Å². The summed E-state index contributed by atoms with van der Waals surface area (Å²) in [7, 11) is -3.96. The van der Waals surface area contributed by atoms with Crippen LogP contribution in [0.3, 0.4) is 0 Å². The number of amides is 1. The smallest absolute Gasteiger partial charge is 0.538 e. The van der Waals surface area contributed by atoms with E-state index in [2.05, 4.69) is 4.72 Å². The molecule has 4 nitrogen and oxygen atoms in total. The van der Waals surface area contributed by atoms with Crippen molar-refractivity contribution in [1.82, 2.24) is 0 Å². The zero-order valence-electron chi connectivity index (χ0n) is 12.0. The number of sulfonamides is 1. The van der Waals surface area contributed by atoms with E-state index in [0.29, 0.717) is 10.6 Å². The molecule has 0 bridgehead atoms. The number of hydrogen-bond acceptors (Lipinski definition) is 4. The second-order valence-electron chi connectivity index (χ2n) is 4.19. The number of carbonyl (C=O) groups excluding carboxylic acids is 1. The molecule has 1 heterocycles. The summed E-state index contributed by atoms with van der Waals surface area (Å²) in [4.78, 5) is 12.7. The Bertz CT molecular complexity index is 786. The predicted molar refractivity (Wildman–Crippen MR) is 86.2 cm³/mol. The molecule has 0 saturated heterocycles. The minimum absolute atomic E-state index is 0. The zero-order chi connectivity index (χ0) is 15.5. The van der Waals surface area contributed by atoms with Gasteiger partial charge in [-0.2, -0.15) is 0 Å². The van der Waals surface area contributed by atoms with E-state index in [1.807, 2.05) is 5.38 Å². The van der Waals surface area contributed by atoms with Crippen LogP contribution in [-0.4, -0.2) is 14.3 Å². The van der Waals surface area contributed by atoms with Crippen LogP contribution in [0.1, 0.15) is 20.8 Å². The first-order valence-corrected chi connectivity index (χ1v) is 8.63. The van der Waals surface area contributed by atoms with Gasteiger partial charge in [-0.25, -0.2) is 8.42 Å². The summed E-state index contributed by atoms with van der Waals surface area (Å²) in [5.41, 5.74) is 0.793. The average Bonchev–Trinajstić information content (AvgIpc) is 2.88. The molecule has 1 aromatic carbocycles. The first kappa shape index (κ1) is 19.4. The molecule has 8 heteroatoms. The van der Waals surface area contributed by atoms with Gasteiger partial charge in [-0.1, -0.05) is 23.7 Å². The molecule has 1 aromatic heterocycles. The standard InChI is InChI=1S/C14H12ClNO3S2.Na/c1-10-9-11(15)4-5-13(10)14(17)16-21(18,19)8-6-12-3-2-7-20-12;/h2-9H,1H3,(H,16,17);/q;+1/p-1/b8-6+;. The molecule has 22 heavy (non-hydrogen) atoms. The summed E-state index contributed by atoms with van der Waals surface area (Å²) in [5.74, 6) is -0.806. The number of rotatable bonds is 4. The van der Waals surface area contributed by atoms with E-state index < -0.39 is 15.9 Å². The Kier molecular flexibility index (Phi) is 7.31. The van der Waals surface area contributed by atoms with Gasteiger partial charge in [-0.15, -0.1) is 11.3 Å². The van der Waals surface area contributed by atoms with Crippen molar-refractivity contribution in [2.24, 2.45) is 0 Å². The zero-order valence-corrected chi connectivity index (χ0v) is 16.4. The summed E-state index contributed by atoms with van der Waals surface area (Å²) >= 11 is 7.18. The molecule has 0 N–H and O–H groups in total. The molecule has 0 fully saturated rings. The summed E-state index contributed by atoms with van der Waals surface area (Å²) < 4.78 is 26.9. The van der Waals surface area contributed by atoms with Gasteiger partial charge in [0, 0.05) is 20.9 Å². The van der Waals surface area contributed by atoms with Gasteiger partial charge < -0.3 is 9.52 Å². The summed E-state index contributed by atoms with van der Waals surface area (Å²) in [6.07, 6.45) is 1.41. The van der Waals surface area contributed by atoms with Gasteiger partial charge in [0.1, 0.15) is 10.0 Å². The molecule has 0 aliphatic rings. The van der Waals surface area contributed by atoms with E-state index in [0.717, 1.165) is 10.3 Å². The fraction of sp³-hybridized carbons (Fsp3) is 0.0714. The Labute approximate surface area is 160 Å². The molecule has 2 rings (SSSR count). The molecular formula is C14H11ClNNaO3S2. The van der Waals surface area contributed by atoms with Crippen molar-refractivity contribution in [3.63, 3.8) is 0 Å². The second kappa shape index (κ2) is 8.29. The number of benzene rings is 1. The third-order valence-corrected chi connectivity index (χ3v) is 4.55. The van der Waals surface area contributed by atoms with Crippen molar-refractivity contribution >= 4 is 44.9 Å². The maximum absolute atomic E-state index is 11.9. The number of carbonyl (C=O) groups is 1. The summed E-state index contributed by atoms with van der Waals surface area (Å²) in [6.45, 7) is 1.67. The van der Waals surface area contributed by atoms with Crippen LogP contribution in [0.2, 0.25) is 5.02 Å².